The van der Waals surface area contributed by atoms with Crippen molar-refractivity contribution in [3.8, 4) is 11.8 Å². The molecule has 0 spiro atoms. The first kappa shape index (κ1) is 16.7. The van der Waals surface area contributed by atoms with Crippen LogP contribution in [0, 0.1) is 11.3 Å². The van der Waals surface area contributed by atoms with E-state index in [4.69, 9.17) is 10.00 Å². The van der Waals surface area contributed by atoms with Crippen LogP contribution < -0.4 is 15.4 Å². The highest BCUT2D eigenvalue weighted by atomic mass is 16.5. The number of nitriles is 1. The third-order valence-corrected chi connectivity index (χ3v) is 3.79. The van der Waals surface area contributed by atoms with Crippen LogP contribution in [0.15, 0.2) is 24.3 Å². The van der Waals surface area contributed by atoms with Gasteiger partial charge in [-0.05, 0) is 19.1 Å². The minimum Gasteiger partial charge on any atom is -0.489 e. The van der Waals surface area contributed by atoms with E-state index in [0.717, 1.165) is 26.2 Å². The molecule has 6 nitrogen and oxygen atoms in total. The molecule has 1 heterocycles. The van der Waals surface area contributed by atoms with E-state index in [-0.39, 0.29) is 12.8 Å². The minimum atomic E-state index is -0.614. The Morgan fingerprint density at radius 3 is 2.86 bits per heavy atom. The maximum atomic E-state index is 10.0. The van der Waals surface area contributed by atoms with E-state index in [1.807, 2.05) is 6.07 Å². The molecule has 0 radical (unpaired) electrons. The summed E-state index contributed by atoms with van der Waals surface area (Å²) >= 11 is 0. The summed E-state index contributed by atoms with van der Waals surface area (Å²) in [6.45, 7) is 6.75. The fourth-order valence-electron chi connectivity index (χ4n) is 2.43. The average Bonchev–Trinajstić information content (AvgIpc) is 2.58. The predicted octanol–water partition coefficient (Wildman–Crippen LogP) is 0.139. The number of nitrogens with zero attached hydrogens (tertiary/aromatic N) is 2. The number of benzene rings is 1. The molecule has 120 valence electrons. The fourth-order valence-corrected chi connectivity index (χ4v) is 2.43. The van der Waals surface area contributed by atoms with Gasteiger partial charge in [0.25, 0.3) is 0 Å². The summed E-state index contributed by atoms with van der Waals surface area (Å²) in [4.78, 5) is 2.34. The molecule has 1 aromatic rings. The third kappa shape index (κ3) is 4.97. The fraction of sp³-hybridized carbons (Fsp3) is 0.562. The molecular weight excluding hydrogens is 280 g/mol. The van der Waals surface area contributed by atoms with Gasteiger partial charge in [-0.2, -0.15) is 5.26 Å². The van der Waals surface area contributed by atoms with E-state index in [1.165, 1.54) is 0 Å². The Kier molecular flexibility index (Phi) is 6.62. The first-order valence-corrected chi connectivity index (χ1v) is 7.69. The van der Waals surface area contributed by atoms with Crippen molar-refractivity contribution in [1.29, 1.82) is 5.26 Å². The Labute approximate surface area is 131 Å². The topological polar surface area (TPSA) is 80.5 Å². The van der Waals surface area contributed by atoms with Gasteiger partial charge in [-0.1, -0.05) is 12.1 Å². The first-order valence-electron chi connectivity index (χ1n) is 7.69. The number of para-hydroxylation sites is 1. The van der Waals surface area contributed by atoms with E-state index in [2.05, 4.69) is 28.5 Å². The van der Waals surface area contributed by atoms with Crippen LogP contribution in [0.1, 0.15) is 12.5 Å². The lowest BCUT2D eigenvalue weighted by atomic mass is 10.2. The minimum absolute atomic E-state index is 0.167. The normalized spacial score (nSPS) is 18.4. The quantitative estimate of drug-likeness (QED) is 0.665. The van der Waals surface area contributed by atoms with Gasteiger partial charge in [-0.15, -0.1) is 0 Å². The predicted molar refractivity (Wildman–Crippen MR) is 84.6 cm³/mol. The number of nitrogens with one attached hydrogen (secondary N) is 2. The highest BCUT2D eigenvalue weighted by Crippen LogP contribution is 2.16. The van der Waals surface area contributed by atoms with E-state index in [0.29, 0.717) is 17.9 Å². The summed E-state index contributed by atoms with van der Waals surface area (Å²) in [5.74, 6) is 0.513. The zero-order valence-electron chi connectivity index (χ0n) is 13.0. The molecule has 0 aromatic heterocycles. The van der Waals surface area contributed by atoms with Crippen molar-refractivity contribution in [3.63, 3.8) is 0 Å². The van der Waals surface area contributed by atoms with Crippen molar-refractivity contribution in [3.05, 3.63) is 29.8 Å². The second-order valence-corrected chi connectivity index (χ2v) is 5.44. The average molecular weight is 304 g/mol. The highest BCUT2D eigenvalue weighted by Gasteiger charge is 2.17. The van der Waals surface area contributed by atoms with Crippen molar-refractivity contribution in [2.24, 2.45) is 0 Å². The molecule has 2 unspecified atom stereocenters. The van der Waals surface area contributed by atoms with Crippen LogP contribution in [0.25, 0.3) is 0 Å². The molecule has 0 saturated carbocycles. The van der Waals surface area contributed by atoms with Crippen molar-refractivity contribution in [2.75, 3.05) is 39.3 Å². The lowest BCUT2D eigenvalue weighted by molar-refractivity contribution is 0.0865. The van der Waals surface area contributed by atoms with Gasteiger partial charge in [0.15, 0.2) is 0 Å². The second-order valence-electron chi connectivity index (χ2n) is 5.44. The van der Waals surface area contributed by atoms with E-state index >= 15 is 0 Å². The number of aliphatic hydroxyl groups excluding tert-OH is 1. The zero-order valence-corrected chi connectivity index (χ0v) is 13.0. The Morgan fingerprint density at radius 2 is 2.14 bits per heavy atom. The molecule has 1 aliphatic heterocycles. The lowest BCUT2D eigenvalue weighted by Gasteiger charge is -2.33. The number of ether oxygens (including phenoxy) is 1. The molecule has 2 atom stereocenters. The van der Waals surface area contributed by atoms with Crippen molar-refractivity contribution >= 4 is 0 Å². The van der Waals surface area contributed by atoms with Gasteiger partial charge in [-0.3, -0.25) is 10.2 Å². The summed E-state index contributed by atoms with van der Waals surface area (Å²) in [5, 5.41) is 25.6. The molecule has 22 heavy (non-hydrogen) atoms. The molecular formula is C16H24N4O2. The van der Waals surface area contributed by atoms with Crippen LogP contribution in [0.3, 0.4) is 0 Å². The molecule has 0 aliphatic carbocycles. The Bertz CT molecular complexity index is 497. The van der Waals surface area contributed by atoms with Gasteiger partial charge in [0.1, 0.15) is 24.5 Å². The van der Waals surface area contributed by atoms with Gasteiger partial charge < -0.3 is 15.2 Å². The lowest BCUT2D eigenvalue weighted by Crippen LogP contribution is -2.53. The van der Waals surface area contributed by atoms with E-state index in [9.17, 15) is 5.11 Å². The van der Waals surface area contributed by atoms with Gasteiger partial charge >= 0.3 is 0 Å². The maximum Gasteiger partial charge on any atom is 0.137 e. The molecule has 0 bridgehead atoms. The Balaban J connectivity index is 1.71. The zero-order chi connectivity index (χ0) is 15.8. The molecule has 3 N–H and O–H groups in total. The van der Waals surface area contributed by atoms with Crippen LogP contribution in [0.5, 0.6) is 5.75 Å². The SMILES string of the molecule is CC(NCC(O)COc1ccccc1C#N)N1CCNCC1. The smallest absolute Gasteiger partial charge is 0.137 e. The number of hydrogen-bond acceptors (Lipinski definition) is 6. The summed E-state index contributed by atoms with van der Waals surface area (Å²) in [6, 6.07) is 9.12. The summed E-state index contributed by atoms with van der Waals surface area (Å²) in [6.07, 6.45) is -0.389. The van der Waals surface area contributed by atoms with Crippen molar-refractivity contribution in [1.82, 2.24) is 15.5 Å². The van der Waals surface area contributed by atoms with E-state index in [1.54, 1.807) is 18.2 Å². The summed E-state index contributed by atoms with van der Waals surface area (Å²) in [7, 11) is 0. The van der Waals surface area contributed by atoms with Crippen molar-refractivity contribution in [2.45, 2.75) is 19.2 Å². The largest absolute Gasteiger partial charge is 0.489 e. The third-order valence-electron chi connectivity index (χ3n) is 3.79. The van der Waals surface area contributed by atoms with Gasteiger partial charge in [0.2, 0.25) is 0 Å². The molecule has 1 saturated heterocycles. The maximum absolute atomic E-state index is 10.0. The van der Waals surface area contributed by atoms with Crippen LogP contribution in [0.4, 0.5) is 0 Å². The first-order chi connectivity index (χ1) is 10.7. The Hall–Kier alpha value is -1.65. The molecule has 6 heteroatoms. The number of piperazine rings is 1. The molecule has 1 aromatic carbocycles. The monoisotopic (exact) mass is 304 g/mol. The molecule has 2 rings (SSSR count). The molecule has 1 aliphatic rings. The second kappa shape index (κ2) is 8.71. The highest BCUT2D eigenvalue weighted by molar-refractivity contribution is 5.42. The van der Waals surface area contributed by atoms with Gasteiger partial charge in [-0.25, -0.2) is 0 Å². The van der Waals surface area contributed by atoms with Gasteiger partial charge in [0.05, 0.1) is 11.7 Å². The summed E-state index contributed by atoms with van der Waals surface area (Å²) < 4.78 is 5.53. The molecule has 1 fully saturated rings. The molecule has 0 amide bonds. The van der Waals surface area contributed by atoms with Crippen molar-refractivity contribution < 1.29 is 9.84 Å². The number of aliphatic hydroxyl groups is 1. The van der Waals surface area contributed by atoms with Gasteiger partial charge in [0, 0.05) is 32.7 Å². The van der Waals surface area contributed by atoms with Crippen LogP contribution >= 0.6 is 0 Å². The van der Waals surface area contributed by atoms with Crippen LogP contribution in [-0.4, -0.2) is 61.6 Å². The van der Waals surface area contributed by atoms with Crippen LogP contribution in [-0.2, 0) is 0 Å². The Morgan fingerprint density at radius 1 is 1.41 bits per heavy atom. The van der Waals surface area contributed by atoms with E-state index < -0.39 is 6.10 Å². The van der Waals surface area contributed by atoms with Crippen LogP contribution in [0.2, 0.25) is 0 Å². The standard InChI is InChI=1S/C16H24N4O2/c1-13(20-8-6-18-7-9-20)19-11-15(21)12-22-16-5-3-2-4-14(16)10-17/h2-5,13,15,18-19,21H,6-9,11-12H2,1H3. The number of hydrogen-bond donors (Lipinski definition) is 3. The number of rotatable bonds is 7. The summed E-state index contributed by atoms with van der Waals surface area (Å²) in [5.41, 5.74) is 0.483.